The number of hydrogen-bond donors (Lipinski definition) is 3. The van der Waals surface area contributed by atoms with Gasteiger partial charge in [-0.15, -0.1) is 0 Å². The van der Waals surface area contributed by atoms with Crippen molar-refractivity contribution in [2.45, 2.75) is 20.3 Å². The van der Waals surface area contributed by atoms with Crippen molar-refractivity contribution in [2.75, 3.05) is 18.5 Å². The van der Waals surface area contributed by atoms with E-state index in [-0.39, 0.29) is 18.4 Å². The van der Waals surface area contributed by atoms with Gasteiger partial charge in [-0.3, -0.25) is 20.4 Å². The minimum atomic E-state index is -0.412. The molecule has 0 saturated heterocycles. The van der Waals surface area contributed by atoms with E-state index in [1.807, 2.05) is 26.1 Å². The number of nitrogens with one attached hydrogen (secondary N) is 3. The number of aromatic nitrogens is 3. The van der Waals surface area contributed by atoms with Gasteiger partial charge in [0.1, 0.15) is 11.6 Å². The summed E-state index contributed by atoms with van der Waals surface area (Å²) in [4.78, 5) is 28.9. The van der Waals surface area contributed by atoms with E-state index in [0.717, 1.165) is 27.9 Å². The standard InChI is InChI=1S/C25H24ClFN6O2/c1-15-11-16(2)31-25(30-15)33-24(32-23(34)14-35-20-6-3-18(26)4-7-20)28-10-9-17-13-29-22-8-5-19(27)12-21(17)22/h3-8,11-13,29H,9-10,14H2,1-2H3,(H2,28,30,31,32,33,34). The third-order valence-electron chi connectivity index (χ3n) is 5.03. The van der Waals surface area contributed by atoms with Crippen LogP contribution in [0.25, 0.3) is 10.9 Å². The summed E-state index contributed by atoms with van der Waals surface area (Å²) in [6, 6.07) is 13.2. The van der Waals surface area contributed by atoms with E-state index >= 15 is 0 Å². The average Bonchev–Trinajstić information content (AvgIpc) is 3.20. The van der Waals surface area contributed by atoms with Crippen LogP contribution in [0.2, 0.25) is 5.02 Å². The number of ether oxygens (including phenoxy) is 1. The first-order valence-electron chi connectivity index (χ1n) is 10.9. The highest BCUT2D eigenvalue weighted by atomic mass is 35.5. The maximum absolute atomic E-state index is 13.7. The summed E-state index contributed by atoms with van der Waals surface area (Å²) in [5.41, 5.74) is 3.32. The molecule has 2 aromatic carbocycles. The molecule has 0 aliphatic heterocycles. The van der Waals surface area contributed by atoms with Gasteiger partial charge in [-0.1, -0.05) is 11.6 Å². The predicted octanol–water partition coefficient (Wildman–Crippen LogP) is 4.57. The number of nitrogens with zero attached hydrogens (tertiary/aromatic N) is 3. The van der Waals surface area contributed by atoms with E-state index in [9.17, 15) is 9.18 Å². The van der Waals surface area contributed by atoms with E-state index in [1.54, 1.807) is 30.3 Å². The summed E-state index contributed by atoms with van der Waals surface area (Å²) >= 11 is 5.88. The molecular weight excluding hydrogens is 471 g/mol. The highest BCUT2D eigenvalue weighted by Crippen LogP contribution is 2.20. The topological polar surface area (TPSA) is 104 Å². The SMILES string of the molecule is Cc1cc(C)nc(NC(=NCCc2c[nH]c3ccc(F)cc23)NC(=O)COc2ccc(Cl)cc2)n1. The molecule has 0 aliphatic carbocycles. The molecule has 4 aromatic rings. The average molecular weight is 495 g/mol. The van der Waals surface area contributed by atoms with Crippen LogP contribution in [0.1, 0.15) is 17.0 Å². The molecule has 0 radical (unpaired) electrons. The third-order valence-corrected chi connectivity index (χ3v) is 5.29. The molecule has 0 bridgehead atoms. The van der Waals surface area contributed by atoms with Crippen LogP contribution in [0.15, 0.2) is 59.7 Å². The number of benzene rings is 2. The molecular formula is C25H24ClFN6O2. The van der Waals surface area contributed by atoms with Crippen molar-refractivity contribution in [3.05, 3.63) is 82.5 Å². The summed E-state index contributed by atoms with van der Waals surface area (Å²) in [6.45, 7) is 3.81. The summed E-state index contributed by atoms with van der Waals surface area (Å²) in [7, 11) is 0. The summed E-state index contributed by atoms with van der Waals surface area (Å²) < 4.78 is 19.2. The molecule has 0 aliphatic rings. The van der Waals surface area contributed by atoms with Gasteiger partial charge in [0, 0.05) is 40.1 Å². The van der Waals surface area contributed by atoms with Crippen molar-refractivity contribution >= 4 is 40.3 Å². The Morgan fingerprint density at radius 1 is 1.11 bits per heavy atom. The predicted molar refractivity (Wildman–Crippen MR) is 134 cm³/mol. The van der Waals surface area contributed by atoms with Crippen LogP contribution in [0.4, 0.5) is 10.3 Å². The maximum Gasteiger partial charge on any atom is 0.264 e. The number of aliphatic imine (C=N–C) groups is 1. The number of hydrogen-bond acceptors (Lipinski definition) is 5. The zero-order valence-corrected chi connectivity index (χ0v) is 20.0. The van der Waals surface area contributed by atoms with Gasteiger partial charge in [0.05, 0.1) is 0 Å². The molecule has 8 nitrogen and oxygen atoms in total. The van der Waals surface area contributed by atoms with E-state index < -0.39 is 5.91 Å². The number of aryl methyl sites for hydroxylation is 2. The van der Waals surface area contributed by atoms with Gasteiger partial charge in [-0.05, 0) is 74.4 Å². The Morgan fingerprint density at radius 2 is 1.86 bits per heavy atom. The lowest BCUT2D eigenvalue weighted by Crippen LogP contribution is -2.39. The van der Waals surface area contributed by atoms with Crippen LogP contribution < -0.4 is 15.4 Å². The van der Waals surface area contributed by atoms with Crippen LogP contribution >= 0.6 is 11.6 Å². The second-order valence-electron chi connectivity index (χ2n) is 7.87. The van der Waals surface area contributed by atoms with E-state index in [4.69, 9.17) is 16.3 Å². The molecule has 0 atom stereocenters. The van der Waals surface area contributed by atoms with Gasteiger partial charge < -0.3 is 9.72 Å². The van der Waals surface area contributed by atoms with Crippen molar-refractivity contribution in [3.63, 3.8) is 0 Å². The van der Waals surface area contributed by atoms with Crippen molar-refractivity contribution in [1.29, 1.82) is 0 Å². The number of aromatic amines is 1. The molecule has 2 aromatic heterocycles. The molecule has 0 spiro atoms. The van der Waals surface area contributed by atoms with Gasteiger partial charge in [0.2, 0.25) is 11.9 Å². The normalized spacial score (nSPS) is 11.5. The number of carbonyl (C=O) groups excluding carboxylic acids is 1. The largest absolute Gasteiger partial charge is 0.484 e. The number of amides is 1. The Bertz CT molecular complexity index is 1350. The smallest absolute Gasteiger partial charge is 0.264 e. The number of halogens is 2. The number of fused-ring (bicyclic) bond motifs is 1. The van der Waals surface area contributed by atoms with Crippen molar-refractivity contribution in [1.82, 2.24) is 20.3 Å². The molecule has 4 rings (SSSR count). The molecule has 35 heavy (non-hydrogen) atoms. The molecule has 0 saturated carbocycles. The second kappa shape index (κ2) is 11.0. The molecule has 3 N–H and O–H groups in total. The number of anilines is 1. The summed E-state index contributed by atoms with van der Waals surface area (Å²) in [5.74, 6) is 0.300. The first kappa shape index (κ1) is 24.2. The Morgan fingerprint density at radius 3 is 2.60 bits per heavy atom. The Balaban J connectivity index is 1.46. The molecule has 0 unspecified atom stereocenters. The zero-order valence-electron chi connectivity index (χ0n) is 19.2. The van der Waals surface area contributed by atoms with Crippen LogP contribution in [-0.2, 0) is 11.2 Å². The van der Waals surface area contributed by atoms with Gasteiger partial charge in [0.25, 0.3) is 5.91 Å². The summed E-state index contributed by atoms with van der Waals surface area (Å²) in [6.07, 6.45) is 2.36. The van der Waals surface area contributed by atoms with Gasteiger partial charge in [-0.25, -0.2) is 14.4 Å². The van der Waals surface area contributed by atoms with E-state index in [0.29, 0.717) is 29.7 Å². The van der Waals surface area contributed by atoms with Crippen molar-refractivity contribution < 1.29 is 13.9 Å². The Hall–Kier alpha value is -3.98. The number of guanidine groups is 1. The molecule has 180 valence electrons. The quantitative estimate of drug-likeness (QED) is 0.258. The number of rotatable bonds is 7. The third kappa shape index (κ3) is 6.77. The fourth-order valence-electron chi connectivity index (χ4n) is 3.49. The van der Waals surface area contributed by atoms with Crippen molar-refractivity contribution in [2.24, 2.45) is 4.99 Å². The molecule has 1 amide bonds. The van der Waals surface area contributed by atoms with Crippen molar-refractivity contribution in [3.8, 4) is 5.75 Å². The van der Waals surface area contributed by atoms with Gasteiger partial charge >= 0.3 is 0 Å². The van der Waals surface area contributed by atoms with Crippen LogP contribution in [-0.4, -0.2) is 40.0 Å². The first-order valence-corrected chi connectivity index (χ1v) is 11.3. The lowest BCUT2D eigenvalue weighted by atomic mass is 10.1. The first-order chi connectivity index (χ1) is 16.9. The fourth-order valence-corrected chi connectivity index (χ4v) is 3.62. The minimum Gasteiger partial charge on any atom is -0.484 e. The van der Waals surface area contributed by atoms with Crippen LogP contribution in [0.3, 0.4) is 0 Å². The molecule has 0 fully saturated rings. The van der Waals surface area contributed by atoms with Crippen LogP contribution in [0.5, 0.6) is 5.75 Å². The highest BCUT2D eigenvalue weighted by Gasteiger charge is 2.11. The molecule has 10 heteroatoms. The lowest BCUT2D eigenvalue weighted by Gasteiger charge is -2.12. The number of H-pyrrole nitrogens is 1. The summed E-state index contributed by atoms with van der Waals surface area (Å²) in [5, 5.41) is 7.07. The number of carbonyl (C=O) groups is 1. The maximum atomic E-state index is 13.7. The minimum absolute atomic E-state index is 0.186. The monoisotopic (exact) mass is 494 g/mol. The fraction of sp³-hybridized carbons (Fsp3) is 0.200. The van der Waals surface area contributed by atoms with Crippen LogP contribution in [0, 0.1) is 19.7 Å². The Labute approximate surface area is 206 Å². The second-order valence-corrected chi connectivity index (χ2v) is 8.31. The van der Waals surface area contributed by atoms with Gasteiger partial charge in [0.15, 0.2) is 6.61 Å². The van der Waals surface area contributed by atoms with E-state index in [2.05, 4.69) is 30.6 Å². The lowest BCUT2D eigenvalue weighted by molar-refractivity contribution is -0.121. The zero-order chi connectivity index (χ0) is 24.8. The van der Waals surface area contributed by atoms with Gasteiger partial charge in [-0.2, -0.15) is 0 Å². The Kier molecular flexibility index (Phi) is 7.57. The van der Waals surface area contributed by atoms with E-state index in [1.165, 1.54) is 12.1 Å². The molecule has 2 heterocycles. The highest BCUT2D eigenvalue weighted by molar-refractivity contribution is 6.30.